The van der Waals surface area contributed by atoms with E-state index in [9.17, 15) is 4.79 Å². The van der Waals surface area contributed by atoms with E-state index in [2.05, 4.69) is 15.2 Å². The highest BCUT2D eigenvalue weighted by Crippen LogP contribution is 2.11. The number of rotatable bonds is 8. The van der Waals surface area contributed by atoms with Crippen LogP contribution in [-0.4, -0.2) is 62.2 Å². The van der Waals surface area contributed by atoms with Gasteiger partial charge in [0.1, 0.15) is 0 Å². The molecule has 0 saturated carbocycles. The van der Waals surface area contributed by atoms with Crippen LogP contribution in [0.5, 0.6) is 0 Å². The summed E-state index contributed by atoms with van der Waals surface area (Å²) in [5.74, 6) is -0.0220. The normalized spacial score (nSPS) is 20.6. The number of morpholine rings is 1. The van der Waals surface area contributed by atoms with Crippen LogP contribution in [0.3, 0.4) is 0 Å². The molecular formula is C20H27N3O3. The molecule has 0 radical (unpaired) electrons. The number of carbonyl (C=O) groups excluding carboxylic acids is 1. The zero-order valence-electron chi connectivity index (χ0n) is 15.1. The summed E-state index contributed by atoms with van der Waals surface area (Å²) in [4.78, 5) is 19.0. The average molecular weight is 357 g/mol. The Morgan fingerprint density at radius 2 is 2.08 bits per heavy atom. The van der Waals surface area contributed by atoms with Gasteiger partial charge in [-0.25, -0.2) is 0 Å². The molecule has 26 heavy (non-hydrogen) atoms. The van der Waals surface area contributed by atoms with Crippen molar-refractivity contribution in [2.45, 2.75) is 25.6 Å². The fraction of sp³-hybridized carbons (Fsp3) is 0.500. The minimum atomic E-state index is -0.182. The molecule has 1 unspecified atom stereocenters. The zero-order valence-corrected chi connectivity index (χ0v) is 15.1. The Labute approximate surface area is 154 Å². The Morgan fingerprint density at radius 3 is 2.88 bits per heavy atom. The van der Waals surface area contributed by atoms with Crippen molar-refractivity contribution < 1.29 is 14.3 Å². The van der Waals surface area contributed by atoms with Crippen molar-refractivity contribution in [1.29, 1.82) is 0 Å². The van der Waals surface area contributed by atoms with Gasteiger partial charge in [0.25, 0.3) is 0 Å². The first-order valence-electron chi connectivity index (χ1n) is 9.25. The lowest BCUT2D eigenvalue weighted by Crippen LogP contribution is -2.38. The van der Waals surface area contributed by atoms with E-state index in [4.69, 9.17) is 9.47 Å². The van der Waals surface area contributed by atoms with Crippen molar-refractivity contribution in [2.75, 3.05) is 39.5 Å². The second-order valence-corrected chi connectivity index (χ2v) is 6.48. The fourth-order valence-corrected chi connectivity index (χ4v) is 2.98. The summed E-state index contributed by atoms with van der Waals surface area (Å²) in [7, 11) is 0. The first kappa shape index (κ1) is 18.8. The topological polar surface area (TPSA) is 63.2 Å². The molecule has 1 N–H and O–H groups in total. The third kappa shape index (κ3) is 6.37. The molecule has 2 heterocycles. The number of ether oxygens (including phenoxy) is 2. The van der Waals surface area contributed by atoms with Crippen LogP contribution in [0.4, 0.5) is 0 Å². The van der Waals surface area contributed by atoms with Crippen LogP contribution in [0.2, 0.25) is 0 Å². The molecule has 1 saturated heterocycles. The molecule has 6 nitrogen and oxygen atoms in total. The summed E-state index contributed by atoms with van der Waals surface area (Å²) in [5, 5.41) is 2.93. The first-order chi connectivity index (χ1) is 12.8. The van der Waals surface area contributed by atoms with E-state index in [1.165, 1.54) is 0 Å². The van der Waals surface area contributed by atoms with Gasteiger partial charge in [0, 0.05) is 38.3 Å². The van der Waals surface area contributed by atoms with Crippen LogP contribution >= 0.6 is 0 Å². The van der Waals surface area contributed by atoms with Crippen LogP contribution in [0.1, 0.15) is 18.4 Å². The highest BCUT2D eigenvalue weighted by Gasteiger charge is 2.15. The van der Waals surface area contributed by atoms with E-state index in [0.29, 0.717) is 13.2 Å². The minimum Gasteiger partial charge on any atom is -0.379 e. The van der Waals surface area contributed by atoms with Crippen molar-refractivity contribution in [3.05, 3.63) is 48.0 Å². The quantitative estimate of drug-likeness (QED) is 0.770. The molecule has 0 aromatic heterocycles. The van der Waals surface area contributed by atoms with E-state index in [1.807, 2.05) is 42.5 Å². The number of hydrogen-bond acceptors (Lipinski definition) is 5. The number of amides is 1. The molecule has 1 amide bonds. The Balaban J connectivity index is 1.38. The Bertz CT molecular complexity index is 624. The number of benzene rings is 1. The van der Waals surface area contributed by atoms with Crippen molar-refractivity contribution in [3.8, 4) is 0 Å². The zero-order chi connectivity index (χ0) is 18.0. The minimum absolute atomic E-state index is 0.0220. The van der Waals surface area contributed by atoms with Gasteiger partial charge < -0.3 is 14.8 Å². The van der Waals surface area contributed by atoms with Crippen LogP contribution in [0.25, 0.3) is 0 Å². The van der Waals surface area contributed by atoms with Crippen LogP contribution in [-0.2, 0) is 20.8 Å². The van der Waals surface area contributed by atoms with E-state index in [-0.39, 0.29) is 18.6 Å². The van der Waals surface area contributed by atoms with E-state index in [1.54, 1.807) is 0 Å². The lowest BCUT2D eigenvalue weighted by atomic mass is 10.1. The summed E-state index contributed by atoms with van der Waals surface area (Å²) in [6.07, 6.45) is 4.82. The fourth-order valence-electron chi connectivity index (χ4n) is 2.98. The van der Waals surface area contributed by atoms with Crippen LogP contribution < -0.4 is 5.32 Å². The molecule has 1 atom stereocenters. The highest BCUT2D eigenvalue weighted by atomic mass is 16.5. The molecule has 0 bridgehead atoms. The van der Waals surface area contributed by atoms with Gasteiger partial charge in [0.15, 0.2) is 6.23 Å². The molecule has 1 fully saturated rings. The molecule has 1 aromatic rings. The van der Waals surface area contributed by atoms with Crippen molar-refractivity contribution >= 4 is 11.6 Å². The van der Waals surface area contributed by atoms with Gasteiger partial charge in [-0.2, -0.15) is 0 Å². The number of dihydropyridines is 1. The van der Waals surface area contributed by atoms with Gasteiger partial charge in [0.2, 0.25) is 5.91 Å². The lowest BCUT2D eigenvalue weighted by Gasteiger charge is -2.27. The van der Waals surface area contributed by atoms with E-state index >= 15 is 0 Å². The van der Waals surface area contributed by atoms with Crippen LogP contribution in [0, 0.1) is 0 Å². The van der Waals surface area contributed by atoms with Gasteiger partial charge in [-0.1, -0.05) is 36.4 Å². The number of nitrogens with one attached hydrogen (secondary N) is 1. The number of nitrogens with zero attached hydrogens (tertiary/aromatic N) is 2. The summed E-state index contributed by atoms with van der Waals surface area (Å²) in [6, 6.07) is 9.89. The summed E-state index contributed by atoms with van der Waals surface area (Å²) < 4.78 is 11.2. The number of aliphatic imine (C=N–C) groups is 1. The lowest BCUT2D eigenvalue weighted by molar-refractivity contribution is -0.120. The monoisotopic (exact) mass is 357 g/mol. The smallest absolute Gasteiger partial charge is 0.226 e. The molecule has 0 spiro atoms. The molecular weight excluding hydrogens is 330 g/mol. The standard InChI is InChI=1S/C20H27N3O3/c24-19(21-16-17-5-2-1-3-6-17)15-18-7-4-8-20(22-18)26-14-11-23-9-12-25-13-10-23/h1-7,20H,8-16H2,(H,21,24). The maximum absolute atomic E-state index is 12.1. The molecule has 1 aromatic carbocycles. The molecule has 2 aliphatic rings. The van der Waals surface area contributed by atoms with Gasteiger partial charge in [-0.3, -0.25) is 14.7 Å². The van der Waals surface area contributed by atoms with E-state index < -0.39 is 0 Å². The van der Waals surface area contributed by atoms with Crippen LogP contribution in [0.15, 0.2) is 47.5 Å². The second kappa shape index (κ2) is 10.2. The predicted molar refractivity (Wildman–Crippen MR) is 101 cm³/mol. The number of hydrogen-bond donors (Lipinski definition) is 1. The first-order valence-corrected chi connectivity index (χ1v) is 9.25. The van der Waals surface area contributed by atoms with Crippen molar-refractivity contribution in [2.24, 2.45) is 4.99 Å². The average Bonchev–Trinajstić information content (AvgIpc) is 2.68. The van der Waals surface area contributed by atoms with Gasteiger partial charge in [-0.05, 0) is 11.6 Å². The van der Waals surface area contributed by atoms with Crippen molar-refractivity contribution in [1.82, 2.24) is 10.2 Å². The number of allylic oxidation sites excluding steroid dienone is 1. The molecule has 2 aliphatic heterocycles. The molecule has 3 rings (SSSR count). The van der Waals surface area contributed by atoms with Gasteiger partial charge >= 0.3 is 0 Å². The Morgan fingerprint density at radius 1 is 1.27 bits per heavy atom. The Kier molecular flexibility index (Phi) is 7.37. The van der Waals surface area contributed by atoms with Crippen molar-refractivity contribution in [3.63, 3.8) is 0 Å². The summed E-state index contributed by atoms with van der Waals surface area (Å²) in [5.41, 5.74) is 1.87. The maximum atomic E-state index is 12.1. The van der Waals surface area contributed by atoms with E-state index in [0.717, 1.165) is 50.5 Å². The third-order valence-electron chi connectivity index (χ3n) is 4.45. The molecule has 6 heteroatoms. The second-order valence-electron chi connectivity index (χ2n) is 6.48. The van der Waals surface area contributed by atoms with Gasteiger partial charge in [-0.15, -0.1) is 0 Å². The predicted octanol–water partition coefficient (Wildman–Crippen LogP) is 1.77. The van der Waals surface area contributed by atoms with Gasteiger partial charge in [0.05, 0.1) is 26.2 Å². The molecule has 140 valence electrons. The number of carbonyl (C=O) groups is 1. The largest absolute Gasteiger partial charge is 0.379 e. The summed E-state index contributed by atoms with van der Waals surface area (Å²) >= 11 is 0. The Hall–Kier alpha value is -2.02. The SMILES string of the molecule is O=C(CC1=NC(OCCN2CCOCC2)CC=C1)NCc1ccccc1. The molecule has 0 aliphatic carbocycles. The highest BCUT2D eigenvalue weighted by molar-refractivity contribution is 6.07. The third-order valence-corrected chi connectivity index (χ3v) is 4.45. The summed E-state index contributed by atoms with van der Waals surface area (Å²) in [6.45, 7) is 5.60. The maximum Gasteiger partial charge on any atom is 0.226 e.